The molecule has 0 aliphatic heterocycles. The van der Waals surface area contributed by atoms with Gasteiger partial charge in [0.25, 0.3) is 0 Å². The minimum atomic E-state index is -0.0621. The maximum Gasteiger partial charge on any atom is 1.00 e. The number of rotatable bonds is 2. The molecule has 4 N–H and O–H groups in total. The average Bonchev–Trinajstić information content (AvgIpc) is 3.60. The van der Waals surface area contributed by atoms with Crippen molar-refractivity contribution in [3.8, 4) is 12.1 Å². The van der Waals surface area contributed by atoms with Crippen molar-refractivity contribution in [2.45, 2.75) is 170 Å². The van der Waals surface area contributed by atoms with Gasteiger partial charge in [-0.05, 0) is 189 Å². The summed E-state index contributed by atoms with van der Waals surface area (Å²) in [7, 11) is 0. The molecule has 0 bridgehead atoms. The van der Waals surface area contributed by atoms with Gasteiger partial charge in [0.05, 0.1) is 30.1 Å². The fourth-order valence-corrected chi connectivity index (χ4v) is 16.5. The Morgan fingerprint density at radius 3 is 1.43 bits per heavy atom. The molecule has 18 atom stereocenters. The van der Waals surface area contributed by atoms with E-state index in [2.05, 4.69) is 60.6 Å². The Labute approximate surface area is 325 Å². The van der Waals surface area contributed by atoms with Crippen LogP contribution in [0.15, 0.2) is 0 Å². The van der Waals surface area contributed by atoms with Crippen LogP contribution in [0.3, 0.4) is 0 Å². The van der Waals surface area contributed by atoms with Crippen LogP contribution < -0.4 is 18.9 Å². The second-order valence-electron chi connectivity index (χ2n) is 20.7. The Balaban J connectivity index is 0.000000216. The van der Waals surface area contributed by atoms with Crippen molar-refractivity contribution in [1.29, 1.82) is 10.5 Å². The standard InChI is InChI=1S/C23H37N.C22H35NO.Li.2H2O/c1-5-16-13-23(4)17(12-15(16)2)6-8-19-20-9-7-18(14-24)22(20,3)11-10-21(19)23;1-4-14-12-22(3)15(11-20(14)24)5-7-17-18-8-6-16(13-23)21(18,2)10-9-19(17)22;;;/h15-21H,5-13H2,1-4H3;14-20,24H,4-12H2,1-3H3;;2*1H2/q;;+1;;/p-1/t15-,16-,17-,18+,19-,20-,21-,22+,23-;14-,15-,16+,17-,18-,19-,20-,21+,22-;;;/m00.../s1. The number of aliphatic hydroxyl groups excluding tert-OH is 1. The normalized spacial score (nSPS) is 53.4. The molecule has 0 unspecified atom stereocenters. The van der Waals surface area contributed by atoms with Crippen molar-refractivity contribution in [3.05, 3.63) is 0 Å². The molecule has 8 aliphatic carbocycles. The van der Waals surface area contributed by atoms with Crippen molar-refractivity contribution < 1.29 is 34.9 Å². The van der Waals surface area contributed by atoms with Gasteiger partial charge in [-0.15, -0.1) is 0 Å². The van der Waals surface area contributed by atoms with Crippen molar-refractivity contribution in [2.75, 3.05) is 0 Å². The van der Waals surface area contributed by atoms with Gasteiger partial charge in [-0.2, -0.15) is 10.5 Å². The van der Waals surface area contributed by atoms with Gasteiger partial charge in [-0.1, -0.05) is 61.3 Å². The zero-order valence-corrected chi connectivity index (χ0v) is 34.1. The van der Waals surface area contributed by atoms with Gasteiger partial charge in [-0.3, -0.25) is 0 Å². The maximum absolute atomic E-state index is 10.5. The van der Waals surface area contributed by atoms with Crippen LogP contribution in [0.4, 0.5) is 0 Å². The molecule has 0 aromatic heterocycles. The maximum atomic E-state index is 10.5. The van der Waals surface area contributed by atoms with Gasteiger partial charge in [0.1, 0.15) is 0 Å². The number of nitrogens with zero attached hydrogens (tertiary/aromatic N) is 2. The number of aliphatic hydroxyl groups is 1. The molecule has 8 rings (SSSR count). The molecule has 0 aromatic carbocycles. The van der Waals surface area contributed by atoms with Crippen LogP contribution in [-0.2, 0) is 0 Å². The molecule has 8 fully saturated rings. The van der Waals surface area contributed by atoms with Crippen LogP contribution in [0.5, 0.6) is 0 Å². The third-order valence-corrected chi connectivity index (χ3v) is 19.4. The second-order valence-corrected chi connectivity index (χ2v) is 20.7. The fraction of sp³-hybridized carbons (Fsp3) is 0.956. The topological polar surface area (TPSA) is 129 Å². The molecular weight excluding hydrogens is 623 g/mol. The Morgan fingerprint density at radius 1 is 0.588 bits per heavy atom. The van der Waals surface area contributed by atoms with Crippen LogP contribution in [0, 0.1) is 121 Å². The SMILES string of the molecule is CC[C@H]1C[C@@]2(C)[C@@H](CC[C@@H]3[C@@H]2CC[C@]2(C)[C@@H](C#N)CC[C@@H]32)C[C@@H]1C.CC[C@H]1C[C@@]2(C)[C@@H](CC[C@@H]3[C@@H]2CC[C@]2(C)[C@@H](C#N)CC[C@@H]32)C[C@@H]1O.O.[Li+].[OH-]. The van der Waals surface area contributed by atoms with E-state index < -0.39 is 0 Å². The smallest absolute Gasteiger partial charge is 0.870 e. The Hall–Kier alpha value is -0.543. The van der Waals surface area contributed by atoms with Crippen molar-refractivity contribution in [3.63, 3.8) is 0 Å². The third-order valence-electron chi connectivity index (χ3n) is 19.4. The fourth-order valence-electron chi connectivity index (χ4n) is 16.5. The molecule has 284 valence electrons. The van der Waals surface area contributed by atoms with Crippen LogP contribution >= 0.6 is 0 Å². The number of fused-ring (bicyclic) bond motifs is 10. The van der Waals surface area contributed by atoms with E-state index >= 15 is 0 Å². The summed E-state index contributed by atoms with van der Waals surface area (Å²) in [4.78, 5) is 0. The van der Waals surface area contributed by atoms with E-state index in [1.54, 1.807) is 0 Å². The molecule has 51 heavy (non-hydrogen) atoms. The van der Waals surface area contributed by atoms with Crippen molar-refractivity contribution in [2.24, 2.45) is 98.6 Å². The zero-order chi connectivity index (χ0) is 34.2. The molecule has 0 amide bonds. The van der Waals surface area contributed by atoms with E-state index in [1.165, 1.54) is 96.3 Å². The van der Waals surface area contributed by atoms with E-state index in [1.807, 2.05) is 0 Å². The Morgan fingerprint density at radius 2 is 1.00 bits per heavy atom. The summed E-state index contributed by atoms with van der Waals surface area (Å²) in [6.07, 6.45) is 23.6. The molecule has 6 heteroatoms. The predicted molar refractivity (Wildman–Crippen MR) is 201 cm³/mol. The van der Waals surface area contributed by atoms with Gasteiger partial charge in [-0.25, -0.2) is 0 Å². The molecule has 0 radical (unpaired) electrons. The molecule has 0 aromatic rings. The van der Waals surface area contributed by atoms with E-state index in [4.69, 9.17) is 0 Å². The van der Waals surface area contributed by atoms with Crippen LogP contribution in [0.25, 0.3) is 0 Å². The minimum absolute atomic E-state index is 0. The molecular formula is C45H75LiN2O3. The first-order chi connectivity index (χ1) is 22.9. The molecule has 0 spiro atoms. The summed E-state index contributed by atoms with van der Waals surface area (Å²) in [6.45, 7) is 17.3. The van der Waals surface area contributed by atoms with Gasteiger partial charge in [0.2, 0.25) is 0 Å². The molecule has 0 saturated heterocycles. The van der Waals surface area contributed by atoms with Gasteiger partial charge < -0.3 is 16.1 Å². The Bertz CT molecular complexity index is 1180. The number of hydrogen-bond donors (Lipinski definition) is 1. The Kier molecular flexibility index (Phi) is 13.5. The molecule has 8 saturated carbocycles. The van der Waals surface area contributed by atoms with Crippen molar-refractivity contribution >= 4 is 0 Å². The number of nitriles is 2. The van der Waals surface area contributed by atoms with E-state index in [9.17, 15) is 15.6 Å². The minimum Gasteiger partial charge on any atom is -0.870 e. The zero-order valence-electron chi connectivity index (χ0n) is 34.1. The first-order valence-corrected chi connectivity index (χ1v) is 21.3. The van der Waals surface area contributed by atoms with Gasteiger partial charge >= 0.3 is 18.9 Å². The predicted octanol–water partition coefficient (Wildman–Crippen LogP) is 7.61. The molecule has 8 aliphatic rings. The summed E-state index contributed by atoms with van der Waals surface area (Å²) < 4.78 is 0. The van der Waals surface area contributed by atoms with Crippen LogP contribution in [-0.4, -0.2) is 22.2 Å². The van der Waals surface area contributed by atoms with E-state index in [0.29, 0.717) is 34.0 Å². The van der Waals surface area contributed by atoms with E-state index in [-0.39, 0.29) is 41.3 Å². The monoisotopic (exact) mass is 699 g/mol. The first-order valence-electron chi connectivity index (χ1n) is 21.3. The van der Waals surface area contributed by atoms with Crippen LogP contribution in [0.1, 0.15) is 164 Å². The molecule has 5 nitrogen and oxygen atoms in total. The van der Waals surface area contributed by atoms with E-state index in [0.717, 1.165) is 78.4 Å². The van der Waals surface area contributed by atoms with Crippen molar-refractivity contribution in [1.82, 2.24) is 0 Å². The van der Waals surface area contributed by atoms with Crippen LogP contribution in [0.2, 0.25) is 0 Å². The summed E-state index contributed by atoms with van der Waals surface area (Å²) in [5.41, 5.74) is 1.67. The first kappa shape index (κ1) is 43.2. The summed E-state index contributed by atoms with van der Waals surface area (Å²) in [5, 5.41) is 29.8. The largest absolute Gasteiger partial charge is 1.00 e. The second kappa shape index (κ2) is 15.9. The summed E-state index contributed by atoms with van der Waals surface area (Å²) >= 11 is 0. The summed E-state index contributed by atoms with van der Waals surface area (Å²) in [5.74, 6) is 9.93. The summed E-state index contributed by atoms with van der Waals surface area (Å²) in [6, 6.07) is 5.34. The van der Waals surface area contributed by atoms with Gasteiger partial charge in [0.15, 0.2) is 0 Å². The third kappa shape index (κ3) is 6.65. The molecule has 0 heterocycles. The van der Waals surface area contributed by atoms with Gasteiger partial charge in [0, 0.05) is 0 Å². The number of hydrogen-bond acceptors (Lipinski definition) is 4. The quantitative estimate of drug-likeness (QED) is 0.298. The average molecular weight is 699 g/mol.